The molecule has 6 nitrogen and oxygen atoms in total. The third kappa shape index (κ3) is 3.41. The highest BCUT2D eigenvalue weighted by Crippen LogP contribution is 2.28. The van der Waals surface area contributed by atoms with Crippen LogP contribution in [0, 0.1) is 0 Å². The van der Waals surface area contributed by atoms with E-state index in [9.17, 15) is 18.3 Å². The first-order chi connectivity index (χ1) is 10.3. The zero-order valence-electron chi connectivity index (χ0n) is 12.9. The SMILES string of the molecule is CN(C)S(=O)(=O)c1ccc(N(C(=O)[O-])C2CCCCC2)cc1. The van der Waals surface area contributed by atoms with Crippen molar-refractivity contribution in [1.82, 2.24) is 4.31 Å². The Hall–Kier alpha value is -1.60. The molecule has 1 saturated carbocycles. The van der Waals surface area contributed by atoms with Crippen molar-refractivity contribution in [1.29, 1.82) is 0 Å². The van der Waals surface area contributed by atoms with E-state index in [4.69, 9.17) is 0 Å². The van der Waals surface area contributed by atoms with Gasteiger partial charge in [0, 0.05) is 25.8 Å². The lowest BCUT2D eigenvalue weighted by atomic mass is 9.94. The monoisotopic (exact) mass is 325 g/mol. The van der Waals surface area contributed by atoms with Crippen LogP contribution >= 0.6 is 0 Å². The van der Waals surface area contributed by atoms with Crippen molar-refractivity contribution in [3.05, 3.63) is 24.3 Å². The quantitative estimate of drug-likeness (QED) is 0.838. The van der Waals surface area contributed by atoms with Crippen LogP contribution in [0.15, 0.2) is 29.2 Å². The molecule has 0 aromatic heterocycles. The number of anilines is 1. The van der Waals surface area contributed by atoms with Gasteiger partial charge in [-0.15, -0.1) is 0 Å². The standard InChI is InChI=1S/C15H22N2O4S/c1-16(2)22(20,21)14-10-8-13(9-11-14)17(15(18)19)12-6-4-3-5-7-12/h8-12H,3-7H2,1-2H3,(H,18,19)/p-1. The molecule has 0 bridgehead atoms. The van der Waals surface area contributed by atoms with E-state index >= 15 is 0 Å². The molecule has 1 fully saturated rings. The maximum atomic E-state index is 12.0. The lowest BCUT2D eigenvalue weighted by molar-refractivity contribution is -0.247. The van der Waals surface area contributed by atoms with Gasteiger partial charge in [0.15, 0.2) is 0 Å². The van der Waals surface area contributed by atoms with Crippen molar-refractivity contribution in [3.8, 4) is 0 Å². The first-order valence-corrected chi connectivity index (χ1v) is 8.81. The van der Waals surface area contributed by atoms with E-state index in [1.54, 1.807) is 0 Å². The molecule has 0 radical (unpaired) electrons. The molecule has 7 heteroatoms. The molecule has 0 aliphatic heterocycles. The van der Waals surface area contributed by atoms with Gasteiger partial charge in [0.1, 0.15) is 6.09 Å². The summed E-state index contributed by atoms with van der Waals surface area (Å²) in [6, 6.07) is 5.84. The van der Waals surface area contributed by atoms with Crippen molar-refractivity contribution in [2.45, 2.75) is 43.0 Å². The number of carboxylic acid groups (broad SMARTS) is 1. The lowest BCUT2D eigenvalue weighted by Gasteiger charge is -2.36. The Bertz CT molecular complexity index is 619. The normalized spacial score (nSPS) is 16.7. The van der Waals surface area contributed by atoms with E-state index in [0.717, 1.165) is 36.4 Å². The van der Waals surface area contributed by atoms with Crippen LogP contribution in [0.25, 0.3) is 0 Å². The highest BCUT2D eigenvalue weighted by molar-refractivity contribution is 7.89. The van der Waals surface area contributed by atoms with Gasteiger partial charge in [0.05, 0.1) is 4.90 Å². The molecule has 0 N–H and O–H groups in total. The van der Waals surface area contributed by atoms with E-state index in [1.165, 1.54) is 43.3 Å². The first-order valence-electron chi connectivity index (χ1n) is 7.37. The maximum absolute atomic E-state index is 12.0. The Labute approximate surface area is 131 Å². The molecular weight excluding hydrogens is 304 g/mol. The summed E-state index contributed by atoms with van der Waals surface area (Å²) < 4.78 is 25.2. The van der Waals surface area contributed by atoms with Crippen molar-refractivity contribution < 1.29 is 18.3 Å². The summed E-state index contributed by atoms with van der Waals surface area (Å²) in [4.78, 5) is 12.9. The number of rotatable bonds is 4. The predicted molar refractivity (Wildman–Crippen MR) is 82.1 cm³/mol. The number of hydrogen-bond acceptors (Lipinski definition) is 4. The van der Waals surface area contributed by atoms with Crippen LogP contribution in [-0.4, -0.2) is 39.0 Å². The molecule has 22 heavy (non-hydrogen) atoms. The highest BCUT2D eigenvalue weighted by atomic mass is 32.2. The van der Waals surface area contributed by atoms with Gasteiger partial charge in [-0.3, -0.25) is 0 Å². The average molecular weight is 325 g/mol. The van der Waals surface area contributed by atoms with E-state index in [-0.39, 0.29) is 10.9 Å². The largest absolute Gasteiger partial charge is 0.530 e. The van der Waals surface area contributed by atoms with Gasteiger partial charge in [0.25, 0.3) is 0 Å². The molecule has 122 valence electrons. The van der Waals surface area contributed by atoms with Crippen LogP contribution in [-0.2, 0) is 10.0 Å². The molecule has 1 aliphatic carbocycles. The molecule has 0 atom stereocenters. The molecular formula is C15H21N2O4S-. The van der Waals surface area contributed by atoms with E-state index in [1.807, 2.05) is 0 Å². The Kier molecular flexibility index (Phi) is 5.08. The summed E-state index contributed by atoms with van der Waals surface area (Å²) in [7, 11) is -0.599. The number of amides is 1. The van der Waals surface area contributed by atoms with Crippen LogP contribution in [0.5, 0.6) is 0 Å². The smallest absolute Gasteiger partial charge is 0.242 e. The first kappa shape index (κ1) is 16.8. The van der Waals surface area contributed by atoms with Crippen LogP contribution in [0.4, 0.5) is 10.5 Å². The van der Waals surface area contributed by atoms with Crippen LogP contribution in [0.3, 0.4) is 0 Å². The zero-order chi connectivity index (χ0) is 16.3. The number of carbonyl (C=O) groups is 1. The fourth-order valence-corrected chi connectivity index (χ4v) is 3.70. The second kappa shape index (κ2) is 6.66. The van der Waals surface area contributed by atoms with Crippen molar-refractivity contribution in [2.75, 3.05) is 19.0 Å². The summed E-state index contributed by atoms with van der Waals surface area (Å²) in [6.07, 6.45) is 3.51. The van der Waals surface area contributed by atoms with Gasteiger partial charge >= 0.3 is 0 Å². The number of nitrogens with zero attached hydrogens (tertiary/aromatic N) is 2. The molecule has 1 aliphatic rings. The Balaban J connectivity index is 2.28. The summed E-state index contributed by atoms with van der Waals surface area (Å²) in [5.41, 5.74) is 0.463. The van der Waals surface area contributed by atoms with Gasteiger partial charge < -0.3 is 14.8 Å². The molecule has 0 heterocycles. The highest BCUT2D eigenvalue weighted by Gasteiger charge is 2.23. The average Bonchev–Trinajstić information content (AvgIpc) is 2.48. The minimum absolute atomic E-state index is 0.0879. The van der Waals surface area contributed by atoms with Gasteiger partial charge in [0.2, 0.25) is 10.0 Å². The van der Waals surface area contributed by atoms with Gasteiger partial charge in [-0.25, -0.2) is 12.7 Å². The van der Waals surface area contributed by atoms with Crippen molar-refractivity contribution >= 4 is 21.8 Å². The predicted octanol–water partition coefficient (Wildman–Crippen LogP) is 1.42. The van der Waals surface area contributed by atoms with Crippen molar-refractivity contribution in [3.63, 3.8) is 0 Å². The number of benzene rings is 1. The number of hydrogen-bond donors (Lipinski definition) is 0. The third-order valence-corrected chi connectivity index (χ3v) is 5.86. The number of carbonyl (C=O) groups excluding carboxylic acids is 1. The summed E-state index contributed by atoms with van der Waals surface area (Å²) in [5.74, 6) is 0. The van der Waals surface area contributed by atoms with Gasteiger partial charge in [-0.2, -0.15) is 0 Å². The molecule has 0 spiro atoms. The minimum Gasteiger partial charge on any atom is -0.530 e. The summed E-state index contributed by atoms with van der Waals surface area (Å²) in [6.45, 7) is 0. The Morgan fingerprint density at radius 3 is 2.09 bits per heavy atom. The Morgan fingerprint density at radius 1 is 1.09 bits per heavy atom. The fourth-order valence-electron chi connectivity index (χ4n) is 2.79. The zero-order valence-corrected chi connectivity index (χ0v) is 13.7. The van der Waals surface area contributed by atoms with Crippen LogP contribution in [0.2, 0.25) is 0 Å². The van der Waals surface area contributed by atoms with Gasteiger partial charge in [-0.1, -0.05) is 19.3 Å². The van der Waals surface area contributed by atoms with Gasteiger partial charge in [-0.05, 0) is 37.1 Å². The van der Waals surface area contributed by atoms with Crippen LogP contribution in [0.1, 0.15) is 32.1 Å². The second-order valence-electron chi connectivity index (χ2n) is 5.71. The molecule has 0 unspecified atom stereocenters. The van der Waals surface area contributed by atoms with E-state index < -0.39 is 16.1 Å². The van der Waals surface area contributed by atoms with Crippen molar-refractivity contribution in [2.24, 2.45) is 0 Å². The number of sulfonamides is 1. The molecule has 1 aromatic carbocycles. The minimum atomic E-state index is -3.51. The molecule has 2 rings (SSSR count). The summed E-state index contributed by atoms with van der Waals surface area (Å²) >= 11 is 0. The topological polar surface area (TPSA) is 80.8 Å². The maximum Gasteiger partial charge on any atom is 0.242 e. The Morgan fingerprint density at radius 2 is 1.64 bits per heavy atom. The molecule has 1 aromatic rings. The van der Waals surface area contributed by atoms with E-state index in [2.05, 4.69) is 0 Å². The molecule has 0 saturated heterocycles. The van der Waals surface area contributed by atoms with Crippen LogP contribution < -0.4 is 10.0 Å². The molecule has 1 amide bonds. The third-order valence-electron chi connectivity index (χ3n) is 4.03. The second-order valence-corrected chi connectivity index (χ2v) is 7.86. The lowest BCUT2D eigenvalue weighted by Crippen LogP contribution is -2.48. The summed E-state index contributed by atoms with van der Waals surface area (Å²) in [5, 5.41) is 11.5. The van der Waals surface area contributed by atoms with E-state index in [0.29, 0.717) is 5.69 Å². The fraction of sp³-hybridized carbons (Fsp3) is 0.533.